The molecule has 1 aliphatic heterocycles. The van der Waals surface area contributed by atoms with E-state index < -0.39 is 0 Å². The van der Waals surface area contributed by atoms with Crippen LogP contribution in [0.4, 0.5) is 5.13 Å². The van der Waals surface area contributed by atoms with Crippen molar-refractivity contribution < 1.29 is 9.59 Å². The van der Waals surface area contributed by atoms with Gasteiger partial charge >= 0.3 is 0 Å². The number of thiazole rings is 1. The quantitative estimate of drug-likeness (QED) is 0.839. The van der Waals surface area contributed by atoms with E-state index in [1.54, 1.807) is 5.38 Å². The highest BCUT2D eigenvalue weighted by Gasteiger charge is 2.21. The lowest BCUT2D eigenvalue weighted by atomic mass is 10.2. The van der Waals surface area contributed by atoms with Crippen molar-refractivity contribution in [2.45, 2.75) is 39.2 Å². The maximum atomic E-state index is 12.1. The summed E-state index contributed by atoms with van der Waals surface area (Å²) in [4.78, 5) is 29.6. The molecule has 2 N–H and O–H groups in total. The lowest BCUT2D eigenvalue weighted by Crippen LogP contribution is -2.42. The summed E-state index contributed by atoms with van der Waals surface area (Å²) >= 11 is 1.26. The van der Waals surface area contributed by atoms with Crippen molar-refractivity contribution >= 4 is 28.3 Å². The Kier molecular flexibility index (Phi) is 5.69. The Morgan fingerprint density at radius 1 is 1.43 bits per heavy atom. The number of amides is 2. The van der Waals surface area contributed by atoms with E-state index >= 15 is 0 Å². The second-order valence-corrected chi connectivity index (χ2v) is 6.09. The zero-order chi connectivity index (χ0) is 15.2. The molecule has 1 atom stereocenters. The molecule has 0 radical (unpaired) electrons. The number of aromatic nitrogens is 1. The maximum Gasteiger partial charge on any atom is 0.270 e. The highest BCUT2D eigenvalue weighted by atomic mass is 32.1. The van der Waals surface area contributed by atoms with Gasteiger partial charge in [0.1, 0.15) is 5.69 Å². The summed E-state index contributed by atoms with van der Waals surface area (Å²) in [5.74, 6) is -0.364. The molecule has 0 saturated carbocycles. The van der Waals surface area contributed by atoms with Crippen molar-refractivity contribution in [3.8, 4) is 0 Å². The van der Waals surface area contributed by atoms with Crippen molar-refractivity contribution in [1.29, 1.82) is 0 Å². The molecular weight excluding hydrogens is 288 g/mol. The maximum absolute atomic E-state index is 12.1. The molecule has 2 amide bonds. The number of likely N-dealkylation sites (tertiary alicyclic amines) is 1. The van der Waals surface area contributed by atoms with Crippen molar-refractivity contribution in [2.75, 3.05) is 25.0 Å². The van der Waals surface area contributed by atoms with Crippen LogP contribution in [0.1, 0.15) is 43.6 Å². The van der Waals surface area contributed by atoms with E-state index in [0.717, 1.165) is 19.5 Å². The average molecular weight is 310 g/mol. The fourth-order valence-corrected chi connectivity index (χ4v) is 3.26. The van der Waals surface area contributed by atoms with Gasteiger partial charge in [0.05, 0.1) is 0 Å². The predicted octanol–water partition coefficient (Wildman–Crippen LogP) is 1.71. The van der Waals surface area contributed by atoms with E-state index in [9.17, 15) is 9.59 Å². The molecule has 6 nitrogen and oxygen atoms in total. The Morgan fingerprint density at radius 2 is 2.14 bits per heavy atom. The van der Waals surface area contributed by atoms with Gasteiger partial charge in [-0.25, -0.2) is 4.98 Å². The third-order valence-corrected chi connectivity index (χ3v) is 4.40. The molecule has 2 heterocycles. The van der Waals surface area contributed by atoms with Gasteiger partial charge in [0.2, 0.25) is 5.91 Å². The molecule has 1 aromatic rings. The second kappa shape index (κ2) is 7.51. The fraction of sp³-hybridized carbons (Fsp3) is 0.643. The Morgan fingerprint density at radius 3 is 2.76 bits per heavy atom. The third kappa shape index (κ3) is 4.50. The normalized spacial score (nSPS) is 16.7. The van der Waals surface area contributed by atoms with Crippen molar-refractivity contribution in [3.05, 3.63) is 11.1 Å². The van der Waals surface area contributed by atoms with Crippen LogP contribution in [-0.2, 0) is 4.79 Å². The number of hydrogen-bond donors (Lipinski definition) is 2. The summed E-state index contributed by atoms with van der Waals surface area (Å²) < 4.78 is 0. The minimum absolute atomic E-state index is 0.180. The highest BCUT2D eigenvalue weighted by molar-refractivity contribution is 7.14. The SMILES string of the molecule is CCC(CNC(=O)c1csc(NC(C)=O)n1)N1CCCC1. The lowest BCUT2D eigenvalue weighted by molar-refractivity contribution is -0.114. The molecule has 1 saturated heterocycles. The van der Waals surface area contributed by atoms with Crippen LogP contribution in [0.2, 0.25) is 0 Å². The van der Waals surface area contributed by atoms with Crippen LogP contribution < -0.4 is 10.6 Å². The van der Waals surface area contributed by atoms with E-state index in [1.807, 2.05) is 0 Å². The molecule has 1 aliphatic rings. The predicted molar refractivity (Wildman–Crippen MR) is 83.6 cm³/mol. The molecule has 7 heteroatoms. The van der Waals surface area contributed by atoms with Crippen molar-refractivity contribution in [3.63, 3.8) is 0 Å². The van der Waals surface area contributed by atoms with Gasteiger partial charge < -0.3 is 10.6 Å². The minimum atomic E-state index is -0.184. The van der Waals surface area contributed by atoms with Gasteiger partial charge in [-0.2, -0.15) is 0 Å². The molecule has 1 aromatic heterocycles. The molecule has 0 spiro atoms. The number of hydrogen-bond acceptors (Lipinski definition) is 5. The van der Waals surface area contributed by atoms with Crippen LogP contribution in [-0.4, -0.2) is 47.4 Å². The van der Waals surface area contributed by atoms with Gasteiger partial charge in [-0.15, -0.1) is 11.3 Å². The summed E-state index contributed by atoms with van der Waals surface area (Å²) in [6, 6.07) is 0.393. The number of anilines is 1. The van der Waals surface area contributed by atoms with Gasteiger partial charge in [-0.3, -0.25) is 14.5 Å². The Balaban J connectivity index is 1.85. The first-order chi connectivity index (χ1) is 10.1. The van der Waals surface area contributed by atoms with Crippen molar-refractivity contribution in [1.82, 2.24) is 15.2 Å². The second-order valence-electron chi connectivity index (χ2n) is 5.23. The van der Waals surface area contributed by atoms with Crippen LogP contribution in [0, 0.1) is 0 Å². The van der Waals surface area contributed by atoms with E-state index in [0.29, 0.717) is 23.4 Å². The smallest absolute Gasteiger partial charge is 0.270 e. The first-order valence-corrected chi connectivity index (χ1v) is 8.23. The zero-order valence-corrected chi connectivity index (χ0v) is 13.3. The monoisotopic (exact) mass is 310 g/mol. The van der Waals surface area contributed by atoms with Gasteiger partial charge in [-0.05, 0) is 32.4 Å². The van der Waals surface area contributed by atoms with Gasteiger partial charge in [-0.1, -0.05) is 6.92 Å². The topological polar surface area (TPSA) is 74.3 Å². The number of carbonyl (C=O) groups excluding carboxylic acids is 2. The molecular formula is C14H22N4O2S. The summed E-state index contributed by atoms with van der Waals surface area (Å²) in [5, 5.41) is 7.65. The van der Waals surface area contributed by atoms with Crippen molar-refractivity contribution in [2.24, 2.45) is 0 Å². The molecule has 1 fully saturated rings. The van der Waals surface area contributed by atoms with Crippen LogP contribution in [0.5, 0.6) is 0 Å². The standard InChI is InChI=1S/C14H22N4O2S/c1-3-11(18-6-4-5-7-18)8-15-13(20)12-9-21-14(17-12)16-10(2)19/h9,11H,3-8H2,1-2H3,(H,15,20)(H,16,17,19). The molecule has 1 unspecified atom stereocenters. The third-order valence-electron chi connectivity index (χ3n) is 3.65. The average Bonchev–Trinajstić information content (AvgIpc) is 3.10. The summed E-state index contributed by atoms with van der Waals surface area (Å²) in [5.41, 5.74) is 0.361. The first-order valence-electron chi connectivity index (χ1n) is 7.35. The van der Waals surface area contributed by atoms with E-state index in [1.165, 1.54) is 31.1 Å². The minimum Gasteiger partial charge on any atom is -0.349 e. The van der Waals surface area contributed by atoms with E-state index in [2.05, 4.69) is 27.4 Å². The van der Waals surface area contributed by atoms with Gasteiger partial charge in [0.25, 0.3) is 5.91 Å². The zero-order valence-electron chi connectivity index (χ0n) is 12.5. The molecule has 116 valence electrons. The molecule has 0 aromatic carbocycles. The molecule has 2 rings (SSSR count). The Bertz CT molecular complexity index is 497. The van der Waals surface area contributed by atoms with Gasteiger partial charge in [0.15, 0.2) is 5.13 Å². The summed E-state index contributed by atoms with van der Waals surface area (Å²) in [6.45, 7) is 6.45. The Labute approximate surface area is 128 Å². The number of nitrogens with one attached hydrogen (secondary N) is 2. The van der Waals surface area contributed by atoms with E-state index in [4.69, 9.17) is 0 Å². The molecule has 21 heavy (non-hydrogen) atoms. The van der Waals surface area contributed by atoms with Crippen LogP contribution in [0.3, 0.4) is 0 Å². The van der Waals surface area contributed by atoms with Crippen LogP contribution in [0.25, 0.3) is 0 Å². The van der Waals surface area contributed by atoms with Gasteiger partial charge in [0, 0.05) is 24.9 Å². The lowest BCUT2D eigenvalue weighted by Gasteiger charge is -2.26. The molecule has 0 aliphatic carbocycles. The van der Waals surface area contributed by atoms with Crippen LogP contribution >= 0.6 is 11.3 Å². The highest BCUT2D eigenvalue weighted by Crippen LogP contribution is 2.16. The Hall–Kier alpha value is -1.47. The largest absolute Gasteiger partial charge is 0.349 e. The number of nitrogens with zero attached hydrogens (tertiary/aromatic N) is 2. The van der Waals surface area contributed by atoms with E-state index in [-0.39, 0.29) is 11.8 Å². The fourth-order valence-electron chi connectivity index (χ4n) is 2.53. The molecule has 0 bridgehead atoms. The summed E-state index contributed by atoms with van der Waals surface area (Å²) in [6.07, 6.45) is 3.52. The number of rotatable bonds is 6. The first kappa shape index (κ1) is 15.9. The number of carbonyl (C=O) groups is 2. The van der Waals surface area contributed by atoms with Crippen LogP contribution in [0.15, 0.2) is 5.38 Å². The summed E-state index contributed by atoms with van der Waals surface area (Å²) in [7, 11) is 0.